The monoisotopic (exact) mass is 268 g/mol. The van der Waals surface area contributed by atoms with Crippen LogP contribution >= 0.6 is 0 Å². The third-order valence-corrected chi connectivity index (χ3v) is 1.95. The van der Waals surface area contributed by atoms with Crippen molar-refractivity contribution in [2.45, 2.75) is 6.04 Å². The van der Waals surface area contributed by atoms with E-state index in [9.17, 15) is 9.59 Å². The number of aliphatic hydroxyl groups is 1. The van der Waals surface area contributed by atoms with Crippen molar-refractivity contribution in [1.29, 1.82) is 0 Å². The zero-order chi connectivity index (χ0) is 14.7. The number of nitrogens with two attached hydrogens (primary N) is 1. The molecule has 0 aromatic heterocycles. The Morgan fingerprint density at radius 3 is 1.95 bits per heavy atom. The number of nitrogens with one attached hydrogen (secondary N) is 1. The zero-order valence-corrected chi connectivity index (χ0v) is 10.1. The molecular weight excluding hydrogens is 252 g/mol. The molecule has 1 unspecified atom stereocenters. The summed E-state index contributed by atoms with van der Waals surface area (Å²) in [5.74, 6) is 2.69. The normalized spacial score (nSPS) is 11.5. The van der Waals surface area contributed by atoms with Gasteiger partial charge in [0.05, 0.1) is 12.6 Å². The minimum absolute atomic E-state index is 0.0144. The van der Waals surface area contributed by atoms with Crippen LogP contribution in [0.25, 0.3) is 0 Å². The highest BCUT2D eigenvalue weighted by molar-refractivity contribution is 5.89. The van der Waals surface area contributed by atoms with Gasteiger partial charge in [0.1, 0.15) is 0 Å². The Balaban J connectivity index is 0.000000362. The van der Waals surface area contributed by atoms with Gasteiger partial charge in [-0.1, -0.05) is 30.3 Å². The third kappa shape index (κ3) is 8.50. The van der Waals surface area contributed by atoms with E-state index in [1.54, 1.807) is 0 Å². The van der Waals surface area contributed by atoms with Crippen LogP contribution in [0.1, 0.15) is 11.6 Å². The lowest BCUT2D eigenvalue weighted by Crippen LogP contribution is -2.30. The van der Waals surface area contributed by atoms with Crippen molar-refractivity contribution >= 4 is 11.9 Å². The van der Waals surface area contributed by atoms with Crippen LogP contribution in [0, 0.1) is 0 Å². The largest absolute Gasteiger partial charge is 0.478 e. The molecular formula is C12H16N2O5. The number of aliphatic hydroxyl groups excluding tert-OH is 1. The van der Waals surface area contributed by atoms with E-state index >= 15 is 0 Å². The number of benzene rings is 1. The molecule has 1 aromatic rings. The molecule has 6 N–H and O–H groups in total. The van der Waals surface area contributed by atoms with Gasteiger partial charge >= 0.3 is 11.9 Å². The van der Waals surface area contributed by atoms with Crippen LogP contribution in [0.4, 0.5) is 0 Å². The number of hydrogen-bond acceptors (Lipinski definition) is 5. The molecule has 0 radical (unpaired) electrons. The van der Waals surface area contributed by atoms with Crippen LogP contribution in [0.2, 0.25) is 0 Å². The van der Waals surface area contributed by atoms with Gasteiger partial charge in [-0.05, 0) is 5.56 Å². The molecule has 1 atom stereocenters. The van der Waals surface area contributed by atoms with Gasteiger partial charge in [-0.2, -0.15) is 0 Å². The van der Waals surface area contributed by atoms with Crippen molar-refractivity contribution in [3.05, 3.63) is 48.0 Å². The molecule has 7 nitrogen and oxygen atoms in total. The smallest absolute Gasteiger partial charge is 0.328 e. The maximum Gasteiger partial charge on any atom is 0.328 e. The first-order valence-electron chi connectivity index (χ1n) is 5.27. The summed E-state index contributed by atoms with van der Waals surface area (Å²) in [6, 6.07) is 9.43. The molecule has 0 aliphatic heterocycles. The lowest BCUT2D eigenvalue weighted by atomic mass is 10.1. The summed E-state index contributed by atoms with van der Waals surface area (Å²) >= 11 is 0. The minimum atomic E-state index is -1.26. The molecule has 0 saturated carbocycles. The van der Waals surface area contributed by atoms with E-state index in [1.165, 1.54) is 0 Å². The summed E-state index contributed by atoms with van der Waals surface area (Å²) in [5, 5.41) is 24.5. The van der Waals surface area contributed by atoms with Crippen LogP contribution < -0.4 is 11.3 Å². The number of carboxylic acids is 2. The fourth-order valence-electron chi connectivity index (χ4n) is 1.08. The SMILES string of the molecule is NNC(CO)c1ccccc1.O=C(O)/C=C\C(=O)O. The van der Waals surface area contributed by atoms with Crippen LogP contribution in [0.5, 0.6) is 0 Å². The maximum atomic E-state index is 9.55. The van der Waals surface area contributed by atoms with E-state index in [-0.39, 0.29) is 12.6 Å². The lowest BCUT2D eigenvalue weighted by molar-refractivity contribution is -0.134. The van der Waals surface area contributed by atoms with Crippen molar-refractivity contribution in [2.75, 3.05) is 6.61 Å². The molecule has 19 heavy (non-hydrogen) atoms. The Morgan fingerprint density at radius 2 is 1.63 bits per heavy atom. The van der Waals surface area contributed by atoms with Crippen molar-refractivity contribution in [1.82, 2.24) is 5.43 Å². The van der Waals surface area contributed by atoms with E-state index < -0.39 is 11.9 Å². The molecule has 1 rings (SSSR count). The molecule has 104 valence electrons. The Morgan fingerprint density at radius 1 is 1.16 bits per heavy atom. The van der Waals surface area contributed by atoms with E-state index in [0.29, 0.717) is 12.2 Å². The van der Waals surface area contributed by atoms with Gasteiger partial charge in [-0.3, -0.25) is 11.3 Å². The summed E-state index contributed by atoms with van der Waals surface area (Å²) in [5.41, 5.74) is 3.52. The topological polar surface area (TPSA) is 133 Å². The predicted molar refractivity (Wildman–Crippen MR) is 68.0 cm³/mol. The number of carbonyl (C=O) groups is 2. The molecule has 0 fully saturated rings. The van der Waals surface area contributed by atoms with Crippen LogP contribution in [0.15, 0.2) is 42.5 Å². The van der Waals surface area contributed by atoms with Crippen LogP contribution in [-0.2, 0) is 9.59 Å². The molecule has 0 bridgehead atoms. The highest BCUT2D eigenvalue weighted by Gasteiger charge is 2.05. The van der Waals surface area contributed by atoms with E-state index in [4.69, 9.17) is 21.2 Å². The highest BCUT2D eigenvalue weighted by atomic mass is 16.4. The second-order valence-corrected chi connectivity index (χ2v) is 3.32. The Bertz CT molecular complexity index is 399. The molecule has 0 heterocycles. The van der Waals surface area contributed by atoms with Crippen molar-refractivity contribution in [2.24, 2.45) is 5.84 Å². The van der Waals surface area contributed by atoms with Gasteiger partial charge < -0.3 is 15.3 Å². The maximum absolute atomic E-state index is 9.55. The molecule has 0 aliphatic rings. The van der Waals surface area contributed by atoms with Crippen LogP contribution in [-0.4, -0.2) is 33.9 Å². The Labute approximate surface area is 110 Å². The minimum Gasteiger partial charge on any atom is -0.478 e. The van der Waals surface area contributed by atoms with Gasteiger partial charge in [0, 0.05) is 12.2 Å². The predicted octanol–water partition coefficient (Wildman–Crippen LogP) is -0.105. The lowest BCUT2D eigenvalue weighted by Gasteiger charge is -2.11. The number of hydrogen-bond donors (Lipinski definition) is 5. The fourth-order valence-corrected chi connectivity index (χ4v) is 1.08. The summed E-state index contributed by atoms with van der Waals surface area (Å²) in [6.45, 7) is 0.0144. The molecule has 0 amide bonds. The van der Waals surface area contributed by atoms with Gasteiger partial charge in [0.25, 0.3) is 0 Å². The standard InChI is InChI=1S/C8H12N2O.C4H4O4/c9-10-8(6-11)7-4-2-1-3-5-7;5-3(6)1-2-4(7)8/h1-5,8,10-11H,6,9H2;1-2H,(H,5,6)(H,7,8)/b;2-1-. The fraction of sp³-hybridized carbons (Fsp3) is 0.167. The Hall–Kier alpha value is -2.22. The molecule has 0 saturated heterocycles. The van der Waals surface area contributed by atoms with Crippen molar-refractivity contribution in [3.8, 4) is 0 Å². The van der Waals surface area contributed by atoms with Gasteiger partial charge in [0.2, 0.25) is 0 Å². The first-order chi connectivity index (χ1) is 9.01. The van der Waals surface area contributed by atoms with E-state index in [1.807, 2.05) is 30.3 Å². The summed E-state index contributed by atoms with van der Waals surface area (Å²) in [6.07, 6.45) is 1.12. The number of hydrazine groups is 1. The highest BCUT2D eigenvalue weighted by Crippen LogP contribution is 2.09. The van der Waals surface area contributed by atoms with Gasteiger partial charge in [0.15, 0.2) is 0 Å². The molecule has 0 spiro atoms. The number of carboxylic acid groups (broad SMARTS) is 2. The quantitative estimate of drug-likeness (QED) is 0.286. The van der Waals surface area contributed by atoms with Crippen molar-refractivity contribution in [3.63, 3.8) is 0 Å². The molecule has 7 heteroatoms. The molecule has 0 aliphatic carbocycles. The van der Waals surface area contributed by atoms with Gasteiger partial charge in [-0.25, -0.2) is 9.59 Å². The van der Waals surface area contributed by atoms with Crippen molar-refractivity contribution < 1.29 is 24.9 Å². The van der Waals surface area contributed by atoms with Gasteiger partial charge in [-0.15, -0.1) is 0 Å². The Kier molecular flexibility index (Phi) is 8.63. The van der Waals surface area contributed by atoms with E-state index in [2.05, 4.69) is 5.43 Å². The van der Waals surface area contributed by atoms with E-state index in [0.717, 1.165) is 5.56 Å². The third-order valence-electron chi connectivity index (χ3n) is 1.95. The first-order valence-corrected chi connectivity index (χ1v) is 5.27. The number of rotatable bonds is 5. The number of aliphatic carboxylic acids is 2. The second kappa shape index (κ2) is 9.77. The second-order valence-electron chi connectivity index (χ2n) is 3.32. The summed E-state index contributed by atoms with van der Waals surface area (Å²) < 4.78 is 0. The first kappa shape index (κ1) is 16.8. The summed E-state index contributed by atoms with van der Waals surface area (Å²) in [7, 11) is 0. The average molecular weight is 268 g/mol. The molecule has 1 aromatic carbocycles. The average Bonchev–Trinajstić information content (AvgIpc) is 2.40. The van der Waals surface area contributed by atoms with Crippen LogP contribution in [0.3, 0.4) is 0 Å². The zero-order valence-electron chi connectivity index (χ0n) is 10.1. The summed E-state index contributed by atoms with van der Waals surface area (Å²) in [4.78, 5) is 19.1.